The van der Waals surface area contributed by atoms with Crippen molar-refractivity contribution < 1.29 is 13.9 Å². The second-order valence-corrected chi connectivity index (χ2v) is 10.0. The van der Waals surface area contributed by atoms with Crippen LogP contribution in [0.3, 0.4) is 0 Å². The standard InChI is InChI=1S/C28H32F2N4OS/c1-3-5-26-31-32-28(34(26)25-16-14-24(15-17-25)33(2)18-19-35)36-27(21-9-12-23(30)13-10-21)20-6-4-7-22(29)11-8-20/h7-17,20,27,35H,3-6,18-19H2,1-2H3. The number of hydrogen-bond acceptors (Lipinski definition) is 5. The Morgan fingerprint density at radius 1 is 1.11 bits per heavy atom. The molecule has 0 saturated carbocycles. The molecule has 0 saturated heterocycles. The quantitative estimate of drug-likeness (QED) is 0.318. The van der Waals surface area contributed by atoms with E-state index in [4.69, 9.17) is 0 Å². The van der Waals surface area contributed by atoms with Crippen molar-refractivity contribution in [1.82, 2.24) is 14.8 Å². The molecule has 2 aromatic carbocycles. The average molecular weight is 511 g/mol. The van der Waals surface area contributed by atoms with Crippen LogP contribution in [0.2, 0.25) is 0 Å². The summed E-state index contributed by atoms with van der Waals surface area (Å²) in [6, 6.07) is 14.7. The van der Waals surface area contributed by atoms with Crippen LogP contribution in [0.5, 0.6) is 0 Å². The lowest BCUT2D eigenvalue weighted by Gasteiger charge is -2.24. The molecule has 0 fully saturated rings. The number of aliphatic hydroxyl groups is 1. The van der Waals surface area contributed by atoms with Crippen molar-refractivity contribution >= 4 is 17.4 Å². The Labute approximate surface area is 215 Å². The topological polar surface area (TPSA) is 54.2 Å². The fraction of sp³-hybridized carbons (Fsp3) is 0.357. The molecule has 1 N–H and O–H groups in total. The maximum atomic E-state index is 13.9. The molecule has 1 heterocycles. The van der Waals surface area contributed by atoms with Crippen LogP contribution in [0.1, 0.15) is 42.8 Å². The summed E-state index contributed by atoms with van der Waals surface area (Å²) in [4.78, 5) is 1.99. The van der Waals surface area contributed by atoms with Crippen LogP contribution in [-0.4, -0.2) is 40.1 Å². The molecule has 0 spiro atoms. The highest BCUT2D eigenvalue weighted by molar-refractivity contribution is 7.99. The lowest BCUT2D eigenvalue weighted by molar-refractivity contribution is 0.304. The van der Waals surface area contributed by atoms with Crippen LogP contribution in [0, 0.1) is 11.7 Å². The molecule has 3 aromatic rings. The number of allylic oxidation sites excluding steroid dienone is 4. The van der Waals surface area contributed by atoms with Crippen LogP contribution in [0.15, 0.2) is 77.7 Å². The first-order valence-electron chi connectivity index (χ1n) is 12.3. The molecule has 1 aromatic heterocycles. The number of aliphatic hydroxyl groups excluding tert-OH is 1. The maximum Gasteiger partial charge on any atom is 0.196 e. The maximum absolute atomic E-state index is 13.9. The first-order valence-corrected chi connectivity index (χ1v) is 13.2. The molecule has 0 bridgehead atoms. The van der Waals surface area contributed by atoms with Gasteiger partial charge in [0.25, 0.3) is 0 Å². The number of likely N-dealkylation sites (N-methyl/N-ethyl adjacent to an activating group) is 1. The van der Waals surface area contributed by atoms with Crippen LogP contribution >= 0.6 is 11.8 Å². The van der Waals surface area contributed by atoms with Gasteiger partial charge in [-0.1, -0.05) is 36.9 Å². The molecule has 1 aliphatic rings. The van der Waals surface area contributed by atoms with Crippen LogP contribution in [-0.2, 0) is 6.42 Å². The van der Waals surface area contributed by atoms with Gasteiger partial charge in [-0.3, -0.25) is 4.57 Å². The molecule has 190 valence electrons. The number of thioether (sulfide) groups is 1. The zero-order chi connectivity index (χ0) is 25.5. The van der Waals surface area contributed by atoms with E-state index in [1.807, 2.05) is 42.3 Å². The Kier molecular flexibility index (Phi) is 8.93. The second kappa shape index (κ2) is 12.3. The smallest absolute Gasteiger partial charge is 0.196 e. The number of anilines is 1. The Balaban J connectivity index is 1.71. The molecule has 36 heavy (non-hydrogen) atoms. The third-order valence-electron chi connectivity index (χ3n) is 6.32. The zero-order valence-electron chi connectivity index (χ0n) is 20.6. The van der Waals surface area contributed by atoms with Gasteiger partial charge in [-0.25, -0.2) is 8.78 Å². The van der Waals surface area contributed by atoms with Gasteiger partial charge in [-0.05, 0) is 79.3 Å². The number of benzene rings is 2. The number of nitrogens with zero attached hydrogens (tertiary/aromatic N) is 4. The Morgan fingerprint density at radius 3 is 2.56 bits per heavy atom. The normalized spacial score (nSPS) is 16.5. The number of rotatable bonds is 10. The largest absolute Gasteiger partial charge is 0.395 e. The Bertz CT molecular complexity index is 1190. The van der Waals surface area contributed by atoms with Crippen molar-refractivity contribution in [2.24, 2.45) is 5.92 Å². The summed E-state index contributed by atoms with van der Waals surface area (Å²) < 4.78 is 29.8. The van der Waals surface area contributed by atoms with Gasteiger partial charge in [0.2, 0.25) is 0 Å². The summed E-state index contributed by atoms with van der Waals surface area (Å²) in [6.07, 6.45) is 8.18. The molecule has 1 aliphatic carbocycles. The van der Waals surface area contributed by atoms with E-state index in [1.54, 1.807) is 30.0 Å². The molecule has 2 atom stereocenters. The SMILES string of the molecule is CCCc1nnc(SC(c2ccc(F)cc2)C2C=CC(F)=CCC2)n1-c1ccc(N(C)CCO)cc1. The molecule has 0 radical (unpaired) electrons. The lowest BCUT2D eigenvalue weighted by Crippen LogP contribution is -2.21. The van der Waals surface area contributed by atoms with Gasteiger partial charge in [0, 0.05) is 36.6 Å². The fourth-order valence-electron chi connectivity index (χ4n) is 4.37. The third kappa shape index (κ3) is 6.23. The third-order valence-corrected chi connectivity index (χ3v) is 7.67. The lowest BCUT2D eigenvalue weighted by atomic mass is 9.94. The minimum Gasteiger partial charge on any atom is -0.395 e. The molecule has 0 aliphatic heterocycles. The predicted molar refractivity (Wildman–Crippen MR) is 142 cm³/mol. The predicted octanol–water partition coefficient (Wildman–Crippen LogP) is 6.44. The highest BCUT2D eigenvalue weighted by atomic mass is 32.2. The summed E-state index contributed by atoms with van der Waals surface area (Å²) in [5.74, 6) is 0.406. The highest BCUT2D eigenvalue weighted by Gasteiger charge is 2.27. The van der Waals surface area contributed by atoms with E-state index in [0.717, 1.165) is 47.2 Å². The molecule has 0 amide bonds. The van der Waals surface area contributed by atoms with Gasteiger partial charge in [0.15, 0.2) is 5.16 Å². The van der Waals surface area contributed by atoms with Gasteiger partial charge in [-0.15, -0.1) is 10.2 Å². The van der Waals surface area contributed by atoms with E-state index in [1.165, 1.54) is 18.2 Å². The van der Waals surface area contributed by atoms with Crippen LogP contribution in [0.4, 0.5) is 14.5 Å². The molecule has 5 nitrogen and oxygen atoms in total. The molecule has 2 unspecified atom stereocenters. The van der Waals surface area contributed by atoms with Gasteiger partial charge in [0.1, 0.15) is 17.5 Å². The summed E-state index contributed by atoms with van der Waals surface area (Å²) in [5.41, 5.74) is 2.93. The highest BCUT2D eigenvalue weighted by Crippen LogP contribution is 2.44. The zero-order valence-corrected chi connectivity index (χ0v) is 21.5. The van der Waals surface area contributed by atoms with Gasteiger partial charge >= 0.3 is 0 Å². The minimum absolute atomic E-state index is 0.0410. The van der Waals surface area contributed by atoms with E-state index in [2.05, 4.69) is 21.7 Å². The fourth-order valence-corrected chi connectivity index (χ4v) is 5.70. The number of aryl methyl sites for hydroxylation is 1. The monoisotopic (exact) mass is 510 g/mol. The Morgan fingerprint density at radius 2 is 1.86 bits per heavy atom. The second-order valence-electron chi connectivity index (χ2n) is 8.93. The molecular weight excluding hydrogens is 478 g/mol. The van der Waals surface area contributed by atoms with Crippen LogP contribution < -0.4 is 4.90 Å². The summed E-state index contributed by atoms with van der Waals surface area (Å²) in [7, 11) is 1.94. The van der Waals surface area contributed by atoms with Crippen molar-refractivity contribution in [2.75, 3.05) is 25.1 Å². The van der Waals surface area contributed by atoms with Crippen molar-refractivity contribution in [1.29, 1.82) is 0 Å². The van der Waals surface area contributed by atoms with Gasteiger partial charge in [0.05, 0.1) is 6.61 Å². The number of hydrogen-bond donors (Lipinski definition) is 1. The molecule has 8 heteroatoms. The van der Waals surface area contributed by atoms with Gasteiger partial charge in [-0.2, -0.15) is 0 Å². The Hall–Kier alpha value is -2.97. The van der Waals surface area contributed by atoms with Crippen LogP contribution in [0.25, 0.3) is 5.69 Å². The minimum atomic E-state index is -0.286. The van der Waals surface area contributed by atoms with Gasteiger partial charge < -0.3 is 10.0 Å². The first-order chi connectivity index (χ1) is 17.5. The van der Waals surface area contributed by atoms with E-state index in [-0.39, 0.29) is 29.4 Å². The number of halogens is 2. The molecular formula is C28H32F2N4OS. The summed E-state index contributed by atoms with van der Waals surface area (Å²) in [5, 5.41) is 19.0. The average Bonchev–Trinajstić information content (AvgIpc) is 3.14. The van der Waals surface area contributed by atoms with Crippen molar-refractivity contribution in [3.05, 3.63) is 89.8 Å². The van der Waals surface area contributed by atoms with E-state index in [9.17, 15) is 13.9 Å². The number of aromatic nitrogens is 3. The first kappa shape index (κ1) is 26.1. The van der Waals surface area contributed by atoms with E-state index >= 15 is 0 Å². The molecule has 4 rings (SSSR count). The van der Waals surface area contributed by atoms with E-state index in [0.29, 0.717) is 13.0 Å². The summed E-state index contributed by atoms with van der Waals surface area (Å²) >= 11 is 1.58. The summed E-state index contributed by atoms with van der Waals surface area (Å²) in [6.45, 7) is 2.75. The van der Waals surface area contributed by atoms with Crippen molar-refractivity contribution in [2.45, 2.75) is 43.0 Å². The van der Waals surface area contributed by atoms with Crippen molar-refractivity contribution in [3.8, 4) is 5.69 Å². The van der Waals surface area contributed by atoms with E-state index < -0.39 is 0 Å². The van der Waals surface area contributed by atoms with Crippen molar-refractivity contribution in [3.63, 3.8) is 0 Å².